The third kappa shape index (κ3) is 3.62. The molecule has 0 aliphatic carbocycles. The molecule has 1 aromatic carbocycles. The van der Waals surface area contributed by atoms with E-state index < -0.39 is 0 Å². The first-order valence-corrected chi connectivity index (χ1v) is 5.95. The highest BCUT2D eigenvalue weighted by molar-refractivity contribution is 6.30. The Morgan fingerprint density at radius 1 is 1.42 bits per heavy atom. The number of amidine groups is 1. The molecule has 0 radical (unpaired) electrons. The molecule has 1 heterocycles. The Balaban J connectivity index is 1.86. The molecule has 2 rings (SSSR count). The van der Waals surface area contributed by atoms with Gasteiger partial charge in [0.05, 0.1) is 17.8 Å². The van der Waals surface area contributed by atoms with Gasteiger partial charge in [0.1, 0.15) is 12.4 Å². The largest absolute Gasteiger partial charge is 0.492 e. The quantitative estimate of drug-likeness (QED) is 0.378. The van der Waals surface area contributed by atoms with Crippen molar-refractivity contribution in [2.24, 2.45) is 10.9 Å². The highest BCUT2D eigenvalue weighted by Gasteiger charge is 2.00. The molecule has 0 atom stereocenters. The summed E-state index contributed by atoms with van der Waals surface area (Å²) in [6.45, 7) is 1.08. The van der Waals surface area contributed by atoms with E-state index in [4.69, 9.17) is 27.3 Å². The van der Waals surface area contributed by atoms with Crippen molar-refractivity contribution in [2.75, 3.05) is 6.61 Å². The summed E-state index contributed by atoms with van der Waals surface area (Å²) in [5.41, 5.74) is 6.09. The summed E-state index contributed by atoms with van der Waals surface area (Å²) in [4.78, 5) is 0. The lowest BCUT2D eigenvalue weighted by atomic mass is 10.2. The van der Waals surface area contributed by atoms with Crippen LogP contribution in [-0.4, -0.2) is 27.4 Å². The fraction of sp³-hybridized carbons (Fsp3) is 0.167. The summed E-state index contributed by atoms with van der Waals surface area (Å²) in [5, 5.41) is 16.1. The third-order valence-corrected chi connectivity index (χ3v) is 2.64. The maximum Gasteiger partial charge on any atom is 0.170 e. The van der Waals surface area contributed by atoms with Gasteiger partial charge in [0.25, 0.3) is 0 Å². The van der Waals surface area contributed by atoms with E-state index in [2.05, 4.69) is 10.3 Å². The minimum Gasteiger partial charge on any atom is -0.492 e. The molecule has 0 bridgehead atoms. The summed E-state index contributed by atoms with van der Waals surface area (Å²) in [7, 11) is 0. The van der Waals surface area contributed by atoms with E-state index in [0.29, 0.717) is 29.5 Å². The van der Waals surface area contributed by atoms with Gasteiger partial charge in [0.15, 0.2) is 5.84 Å². The predicted octanol–water partition coefficient (Wildman–Crippen LogP) is 1.71. The van der Waals surface area contributed by atoms with E-state index in [1.807, 2.05) is 0 Å². The van der Waals surface area contributed by atoms with Crippen LogP contribution in [0.1, 0.15) is 5.56 Å². The second-order valence-corrected chi connectivity index (χ2v) is 4.22. The third-order valence-electron chi connectivity index (χ3n) is 2.45. The Morgan fingerprint density at radius 2 is 2.16 bits per heavy atom. The van der Waals surface area contributed by atoms with Gasteiger partial charge in [0.2, 0.25) is 0 Å². The fourth-order valence-corrected chi connectivity index (χ4v) is 1.65. The summed E-state index contributed by atoms with van der Waals surface area (Å²) >= 11 is 5.75. The summed E-state index contributed by atoms with van der Waals surface area (Å²) in [6.07, 6.45) is 3.31. The van der Waals surface area contributed by atoms with E-state index in [1.165, 1.54) is 0 Å². The molecule has 100 valence electrons. The molecule has 0 spiro atoms. The lowest BCUT2D eigenvalue weighted by molar-refractivity contribution is 0.291. The zero-order chi connectivity index (χ0) is 13.7. The Bertz CT molecular complexity index is 565. The van der Waals surface area contributed by atoms with Crippen molar-refractivity contribution in [1.82, 2.24) is 9.78 Å². The molecule has 7 heteroatoms. The number of aromatic nitrogens is 2. The second-order valence-electron chi connectivity index (χ2n) is 3.78. The molecular weight excluding hydrogens is 268 g/mol. The van der Waals surface area contributed by atoms with Crippen LogP contribution in [0.25, 0.3) is 0 Å². The summed E-state index contributed by atoms with van der Waals surface area (Å²) in [6, 6.07) is 6.94. The van der Waals surface area contributed by atoms with E-state index in [0.717, 1.165) is 0 Å². The highest BCUT2D eigenvalue weighted by atomic mass is 35.5. The van der Waals surface area contributed by atoms with Crippen LogP contribution in [0.15, 0.2) is 41.8 Å². The molecule has 0 saturated carbocycles. The fourth-order valence-electron chi connectivity index (χ4n) is 1.50. The Hall–Kier alpha value is -2.21. The molecule has 0 unspecified atom stereocenters. The lowest BCUT2D eigenvalue weighted by Crippen LogP contribution is -2.13. The number of halogens is 1. The molecular formula is C12H13ClN4O2. The number of nitrogens with two attached hydrogens (primary N) is 1. The molecule has 0 amide bonds. The first-order valence-electron chi connectivity index (χ1n) is 5.58. The minimum atomic E-state index is 0.0673. The van der Waals surface area contributed by atoms with Crippen LogP contribution in [0.3, 0.4) is 0 Å². The van der Waals surface area contributed by atoms with Crippen LogP contribution >= 0.6 is 11.6 Å². The van der Waals surface area contributed by atoms with Crippen LogP contribution < -0.4 is 10.5 Å². The topological polar surface area (TPSA) is 85.7 Å². The number of hydrogen-bond donors (Lipinski definition) is 2. The normalized spacial score (nSPS) is 11.5. The molecule has 0 aliphatic heterocycles. The maximum absolute atomic E-state index is 8.54. The number of rotatable bonds is 5. The molecule has 0 saturated heterocycles. The summed E-state index contributed by atoms with van der Waals surface area (Å²) in [5.74, 6) is 0.769. The molecule has 0 fully saturated rings. The molecule has 19 heavy (non-hydrogen) atoms. The molecule has 0 aliphatic rings. The highest BCUT2D eigenvalue weighted by Crippen LogP contribution is 2.12. The van der Waals surface area contributed by atoms with E-state index in [1.54, 1.807) is 41.3 Å². The Kier molecular flexibility index (Phi) is 4.25. The Labute approximate surface area is 115 Å². The van der Waals surface area contributed by atoms with Crippen molar-refractivity contribution in [1.29, 1.82) is 0 Å². The molecule has 1 aromatic heterocycles. The monoisotopic (exact) mass is 280 g/mol. The number of ether oxygens (including phenoxy) is 1. The van der Waals surface area contributed by atoms with E-state index >= 15 is 0 Å². The molecule has 2 aromatic rings. The zero-order valence-corrected chi connectivity index (χ0v) is 10.8. The van der Waals surface area contributed by atoms with Crippen molar-refractivity contribution in [3.05, 3.63) is 47.2 Å². The van der Waals surface area contributed by atoms with Gasteiger partial charge in [-0.3, -0.25) is 4.68 Å². The van der Waals surface area contributed by atoms with Gasteiger partial charge in [-0.15, -0.1) is 0 Å². The number of oxime groups is 1. The first-order chi connectivity index (χ1) is 9.19. The number of nitrogens with zero attached hydrogens (tertiary/aromatic N) is 3. The van der Waals surface area contributed by atoms with Crippen LogP contribution in [-0.2, 0) is 6.54 Å². The van der Waals surface area contributed by atoms with Gasteiger partial charge in [0, 0.05) is 11.8 Å². The lowest BCUT2D eigenvalue weighted by Gasteiger charge is -2.07. The van der Waals surface area contributed by atoms with Crippen molar-refractivity contribution in [2.45, 2.75) is 6.54 Å². The van der Waals surface area contributed by atoms with Gasteiger partial charge < -0.3 is 15.7 Å². The standard InChI is InChI=1S/C12H13ClN4O2/c13-10-7-15-17(8-10)5-6-19-11-3-1-9(2-4-11)12(14)16-18/h1-4,7-8,18H,5-6H2,(H2,14,16). The zero-order valence-electron chi connectivity index (χ0n) is 10.0. The number of benzene rings is 1. The Morgan fingerprint density at radius 3 is 2.74 bits per heavy atom. The summed E-state index contributed by atoms with van der Waals surface area (Å²) < 4.78 is 7.24. The van der Waals surface area contributed by atoms with Gasteiger partial charge in [-0.05, 0) is 24.3 Å². The van der Waals surface area contributed by atoms with Gasteiger partial charge in [-0.25, -0.2) is 0 Å². The van der Waals surface area contributed by atoms with E-state index in [9.17, 15) is 0 Å². The van der Waals surface area contributed by atoms with Gasteiger partial charge in [-0.1, -0.05) is 16.8 Å². The van der Waals surface area contributed by atoms with Crippen LogP contribution in [0.4, 0.5) is 0 Å². The van der Waals surface area contributed by atoms with Crippen molar-refractivity contribution in [3.63, 3.8) is 0 Å². The van der Waals surface area contributed by atoms with Crippen LogP contribution in [0.2, 0.25) is 5.02 Å². The maximum atomic E-state index is 8.54. The van der Waals surface area contributed by atoms with Gasteiger partial charge in [-0.2, -0.15) is 5.10 Å². The van der Waals surface area contributed by atoms with E-state index in [-0.39, 0.29) is 5.84 Å². The van der Waals surface area contributed by atoms with Crippen LogP contribution in [0.5, 0.6) is 5.75 Å². The molecule has 3 N–H and O–H groups in total. The average molecular weight is 281 g/mol. The van der Waals surface area contributed by atoms with Crippen LogP contribution in [0, 0.1) is 0 Å². The SMILES string of the molecule is NC(=NO)c1ccc(OCCn2cc(Cl)cn2)cc1. The second kappa shape index (κ2) is 6.10. The first kappa shape index (κ1) is 13.2. The smallest absolute Gasteiger partial charge is 0.170 e. The molecule has 6 nitrogen and oxygen atoms in total. The average Bonchev–Trinajstić information content (AvgIpc) is 2.84. The van der Waals surface area contributed by atoms with Gasteiger partial charge >= 0.3 is 0 Å². The van der Waals surface area contributed by atoms with Crippen molar-refractivity contribution >= 4 is 17.4 Å². The minimum absolute atomic E-state index is 0.0673. The van der Waals surface area contributed by atoms with Crippen molar-refractivity contribution in [3.8, 4) is 5.75 Å². The number of hydrogen-bond acceptors (Lipinski definition) is 4. The van der Waals surface area contributed by atoms with Crippen molar-refractivity contribution < 1.29 is 9.94 Å². The predicted molar refractivity (Wildman–Crippen MR) is 71.7 cm³/mol.